The first-order chi connectivity index (χ1) is 23.8. The van der Waals surface area contributed by atoms with Gasteiger partial charge in [-0.15, -0.1) is 23.5 Å². The van der Waals surface area contributed by atoms with Crippen molar-refractivity contribution < 1.29 is 26.5 Å². The first-order valence-corrected chi connectivity index (χ1v) is 23.8. The van der Waals surface area contributed by atoms with Crippen LogP contribution in [0.15, 0.2) is 121 Å². The third-order valence-corrected chi connectivity index (χ3v) is 16.9. The number of hydrogen-bond donors (Lipinski definition) is 0. The maximum absolute atomic E-state index is 13.0. The first kappa shape index (κ1) is 40.4. The van der Waals surface area contributed by atoms with Crippen molar-refractivity contribution in [2.75, 3.05) is 12.9 Å². The highest BCUT2D eigenvalue weighted by molar-refractivity contribution is 8.16. The molecule has 0 unspecified atom stereocenters. The van der Waals surface area contributed by atoms with Gasteiger partial charge in [-0.05, 0) is 40.4 Å². The van der Waals surface area contributed by atoms with Crippen LogP contribution in [0.3, 0.4) is 0 Å². The molecule has 6 nitrogen and oxygen atoms in total. The lowest BCUT2D eigenvalue weighted by Gasteiger charge is -2.40. The molecule has 0 amide bonds. The largest absolute Gasteiger partial charge is 0.414 e. The van der Waals surface area contributed by atoms with Gasteiger partial charge in [-0.25, -0.2) is 0 Å². The molecule has 4 rings (SSSR count). The molecule has 0 saturated carbocycles. The SMILES string of the molecule is CC(C)(C)[Si](C)(C)OC[C@@H](OS(C)(=O)=O)[C@@H](OCc1ccccc1)[C@H](OCc1ccccc1)C(SCc1ccccc1)SCc1ccccc1. The Kier molecular flexibility index (Phi) is 15.7. The molecule has 0 N–H and O–H groups in total. The van der Waals surface area contributed by atoms with E-state index in [1.807, 2.05) is 97.1 Å². The lowest BCUT2D eigenvalue weighted by atomic mass is 10.1. The molecule has 10 heteroatoms. The van der Waals surface area contributed by atoms with E-state index in [2.05, 4.69) is 58.1 Å². The zero-order chi connectivity index (χ0) is 36.0. The number of thioether (sulfide) groups is 2. The smallest absolute Gasteiger partial charge is 0.264 e. The minimum atomic E-state index is -3.91. The van der Waals surface area contributed by atoms with Gasteiger partial charge >= 0.3 is 0 Å². The molecule has 0 spiro atoms. The summed E-state index contributed by atoms with van der Waals surface area (Å²) in [5.74, 6) is 1.48. The molecule has 0 aromatic heterocycles. The minimum Gasteiger partial charge on any atom is -0.414 e. The average molecular weight is 753 g/mol. The summed E-state index contributed by atoms with van der Waals surface area (Å²) < 4.78 is 52.1. The molecule has 0 bridgehead atoms. The number of ether oxygens (including phenoxy) is 2. The summed E-state index contributed by atoms with van der Waals surface area (Å²) in [5.41, 5.74) is 4.36. The van der Waals surface area contributed by atoms with E-state index in [9.17, 15) is 8.42 Å². The normalized spacial score (nSPS) is 14.4. The third kappa shape index (κ3) is 13.6. The van der Waals surface area contributed by atoms with Crippen molar-refractivity contribution in [2.24, 2.45) is 0 Å². The highest BCUT2D eigenvalue weighted by atomic mass is 32.2. The molecule has 3 atom stereocenters. The van der Waals surface area contributed by atoms with Gasteiger partial charge in [0.05, 0.1) is 30.7 Å². The molecule has 270 valence electrons. The fourth-order valence-corrected chi connectivity index (χ4v) is 9.29. The van der Waals surface area contributed by atoms with Crippen LogP contribution in [0.4, 0.5) is 0 Å². The number of benzene rings is 4. The molecule has 0 saturated heterocycles. The van der Waals surface area contributed by atoms with E-state index in [4.69, 9.17) is 18.1 Å². The van der Waals surface area contributed by atoms with Crippen molar-refractivity contribution in [3.8, 4) is 0 Å². The van der Waals surface area contributed by atoms with Crippen molar-refractivity contribution >= 4 is 42.0 Å². The highest BCUT2D eigenvalue weighted by Crippen LogP contribution is 2.39. The molecule has 0 aliphatic rings. The predicted octanol–water partition coefficient (Wildman–Crippen LogP) is 9.72. The summed E-state index contributed by atoms with van der Waals surface area (Å²) in [5, 5.41) is -0.0914. The van der Waals surface area contributed by atoms with Gasteiger partial charge in [0.2, 0.25) is 0 Å². The van der Waals surface area contributed by atoms with Crippen molar-refractivity contribution in [3.05, 3.63) is 144 Å². The Hall–Kier alpha value is -2.41. The molecular formula is C40H52O6S3Si. The molecule has 0 heterocycles. The summed E-state index contributed by atoms with van der Waals surface area (Å²) in [6.07, 6.45) is -1.25. The second-order valence-corrected chi connectivity index (χ2v) is 22.9. The minimum absolute atomic E-state index is 0.0492. The van der Waals surface area contributed by atoms with Crippen LogP contribution in [0.5, 0.6) is 0 Å². The van der Waals surface area contributed by atoms with Gasteiger partial charge < -0.3 is 13.9 Å². The van der Waals surface area contributed by atoms with Crippen LogP contribution in [-0.2, 0) is 52.9 Å². The molecule has 50 heavy (non-hydrogen) atoms. The van der Waals surface area contributed by atoms with Crippen LogP contribution in [0.25, 0.3) is 0 Å². The Labute approximate surface area is 309 Å². The molecule has 0 fully saturated rings. The second-order valence-electron chi connectivity index (χ2n) is 13.9. The van der Waals surface area contributed by atoms with E-state index < -0.39 is 36.7 Å². The Balaban J connectivity index is 1.78. The maximum Gasteiger partial charge on any atom is 0.264 e. The Morgan fingerprint density at radius 3 is 1.38 bits per heavy atom. The summed E-state index contributed by atoms with van der Waals surface area (Å²) in [7, 11) is -6.21. The van der Waals surface area contributed by atoms with Crippen molar-refractivity contribution in [3.63, 3.8) is 0 Å². The molecule has 0 aliphatic heterocycles. The Morgan fingerprint density at radius 1 is 0.620 bits per heavy atom. The monoisotopic (exact) mass is 752 g/mol. The molecule has 4 aromatic carbocycles. The van der Waals surface area contributed by atoms with Crippen LogP contribution in [0.2, 0.25) is 18.1 Å². The van der Waals surface area contributed by atoms with Gasteiger partial charge in [0.15, 0.2) is 8.32 Å². The fraction of sp³-hybridized carbons (Fsp3) is 0.400. The standard InChI is InChI=1S/C40H52O6S3Si/c1-40(2,3)50(5,6)45-29-36(46-49(4,41)42)37(43-27-32-19-11-7-12-20-32)38(44-28-33-21-13-8-14-22-33)39(47-30-34-23-15-9-16-24-34)48-31-35-25-17-10-18-26-35/h7-26,36-39H,27-31H2,1-6H3/t36-,37-,38+/m1/s1. The molecule has 0 radical (unpaired) electrons. The zero-order valence-corrected chi connectivity index (χ0v) is 33.5. The Morgan fingerprint density at radius 2 is 1.00 bits per heavy atom. The lowest BCUT2D eigenvalue weighted by molar-refractivity contribution is -0.126. The van der Waals surface area contributed by atoms with E-state index in [0.29, 0.717) is 6.61 Å². The summed E-state index contributed by atoms with van der Waals surface area (Å²) in [4.78, 5) is 0. The van der Waals surface area contributed by atoms with Gasteiger partial charge in [0, 0.05) is 11.5 Å². The summed E-state index contributed by atoms with van der Waals surface area (Å²) in [6, 6.07) is 40.6. The van der Waals surface area contributed by atoms with Gasteiger partial charge in [-0.1, -0.05) is 142 Å². The average Bonchev–Trinajstić information content (AvgIpc) is 3.09. The van der Waals surface area contributed by atoms with Gasteiger partial charge in [0.1, 0.15) is 18.3 Å². The van der Waals surface area contributed by atoms with Gasteiger partial charge in [0.25, 0.3) is 10.1 Å². The van der Waals surface area contributed by atoms with Crippen LogP contribution in [0.1, 0.15) is 43.0 Å². The van der Waals surface area contributed by atoms with Crippen molar-refractivity contribution in [1.29, 1.82) is 0 Å². The van der Waals surface area contributed by atoms with E-state index in [1.165, 1.54) is 11.1 Å². The van der Waals surface area contributed by atoms with E-state index in [-0.39, 0.29) is 22.8 Å². The number of hydrogen-bond acceptors (Lipinski definition) is 8. The van der Waals surface area contributed by atoms with Crippen molar-refractivity contribution in [1.82, 2.24) is 0 Å². The van der Waals surface area contributed by atoms with E-state index in [1.54, 1.807) is 23.5 Å². The van der Waals surface area contributed by atoms with E-state index in [0.717, 1.165) is 28.9 Å². The quantitative estimate of drug-likeness (QED) is 0.0502. The summed E-state index contributed by atoms with van der Waals surface area (Å²) in [6.45, 7) is 11.4. The van der Waals surface area contributed by atoms with E-state index >= 15 is 0 Å². The fourth-order valence-electron chi connectivity index (χ4n) is 4.93. The topological polar surface area (TPSA) is 71.1 Å². The van der Waals surface area contributed by atoms with Crippen LogP contribution in [-0.4, -0.2) is 52.5 Å². The number of rotatable bonds is 20. The second kappa shape index (κ2) is 19.4. The molecule has 0 aliphatic carbocycles. The summed E-state index contributed by atoms with van der Waals surface area (Å²) >= 11 is 3.54. The Bertz CT molecular complexity index is 1590. The molecule has 4 aromatic rings. The third-order valence-electron chi connectivity index (χ3n) is 8.76. The van der Waals surface area contributed by atoms with Gasteiger partial charge in [-0.2, -0.15) is 8.42 Å². The lowest BCUT2D eigenvalue weighted by Crippen LogP contribution is -2.51. The van der Waals surface area contributed by atoms with Gasteiger partial charge in [-0.3, -0.25) is 4.18 Å². The maximum atomic E-state index is 13.0. The highest BCUT2D eigenvalue weighted by Gasteiger charge is 2.43. The predicted molar refractivity (Wildman–Crippen MR) is 212 cm³/mol. The molecular weight excluding hydrogens is 701 g/mol. The van der Waals surface area contributed by atoms with Crippen LogP contribution < -0.4 is 0 Å². The first-order valence-electron chi connectivity index (χ1n) is 16.9. The van der Waals surface area contributed by atoms with Crippen molar-refractivity contribution in [2.45, 2.75) is 86.5 Å². The zero-order valence-electron chi connectivity index (χ0n) is 30.1. The van der Waals surface area contributed by atoms with Crippen LogP contribution in [0, 0.1) is 0 Å². The van der Waals surface area contributed by atoms with Crippen LogP contribution >= 0.6 is 23.5 Å².